The van der Waals surface area contributed by atoms with E-state index in [1.165, 1.54) is 54.7 Å². The van der Waals surface area contributed by atoms with Crippen molar-refractivity contribution in [3.63, 3.8) is 0 Å². The predicted octanol–water partition coefficient (Wildman–Crippen LogP) is 2.66. The summed E-state index contributed by atoms with van der Waals surface area (Å²) in [5, 5.41) is 9.72. The van der Waals surface area contributed by atoms with Gasteiger partial charge in [0.25, 0.3) is 15.9 Å². The highest BCUT2D eigenvalue weighted by Crippen LogP contribution is 2.28. The zero-order chi connectivity index (χ0) is 21.7. The van der Waals surface area contributed by atoms with Crippen LogP contribution in [0.2, 0.25) is 0 Å². The number of ether oxygens (including phenoxy) is 1. The average molecular weight is 428 g/mol. The van der Waals surface area contributed by atoms with Crippen LogP contribution in [0.5, 0.6) is 11.5 Å². The lowest BCUT2D eigenvalue weighted by Gasteiger charge is -2.22. The summed E-state index contributed by atoms with van der Waals surface area (Å²) in [6, 6.07) is 11.8. The van der Waals surface area contributed by atoms with Crippen LogP contribution in [0.1, 0.15) is 17.3 Å². The van der Waals surface area contributed by atoms with Gasteiger partial charge in [-0.15, -0.1) is 0 Å². The normalized spacial score (nSPS) is 11.0. The van der Waals surface area contributed by atoms with Crippen LogP contribution in [0.4, 0.5) is 11.6 Å². The van der Waals surface area contributed by atoms with E-state index in [1.54, 1.807) is 25.1 Å². The number of amides is 1. The molecule has 2 aromatic carbocycles. The number of anilines is 2. The molecule has 0 fully saturated rings. The number of nitrogens with zero attached hydrogens (tertiary/aromatic N) is 3. The predicted molar refractivity (Wildman–Crippen MR) is 111 cm³/mol. The number of benzene rings is 2. The number of carbonyl (C=O) groups excluding carboxylic acids is 1. The van der Waals surface area contributed by atoms with E-state index in [-0.39, 0.29) is 28.3 Å². The number of hydrogen-bond acceptors (Lipinski definition) is 7. The minimum absolute atomic E-state index is 0.00788. The molecular weight excluding hydrogens is 408 g/mol. The van der Waals surface area contributed by atoms with Crippen LogP contribution in [0.15, 0.2) is 65.8 Å². The highest BCUT2D eigenvalue weighted by atomic mass is 32.2. The number of aromatic hydroxyl groups is 1. The van der Waals surface area contributed by atoms with Crippen molar-refractivity contribution in [3.8, 4) is 11.5 Å². The van der Waals surface area contributed by atoms with Crippen molar-refractivity contribution in [2.75, 3.05) is 23.3 Å². The highest BCUT2D eigenvalue weighted by molar-refractivity contribution is 7.92. The molecule has 2 N–H and O–H groups in total. The molecule has 1 aromatic heterocycles. The van der Waals surface area contributed by atoms with Gasteiger partial charge in [0, 0.05) is 30.2 Å². The lowest BCUT2D eigenvalue weighted by Crippen LogP contribution is -2.30. The molecule has 0 atom stereocenters. The molecule has 0 unspecified atom stereocenters. The van der Waals surface area contributed by atoms with Gasteiger partial charge in [0.1, 0.15) is 0 Å². The third-order valence-electron chi connectivity index (χ3n) is 4.24. The lowest BCUT2D eigenvalue weighted by atomic mass is 10.1. The SMILES string of the molecule is CCN(C(=O)c1ccc(O)c(OC)c1)c1ccc(S(=O)(=O)Nc2ncccn2)cc1. The largest absolute Gasteiger partial charge is 0.504 e. The van der Waals surface area contributed by atoms with Crippen LogP contribution in [0.3, 0.4) is 0 Å². The number of carbonyl (C=O) groups is 1. The first-order valence-electron chi connectivity index (χ1n) is 8.94. The molecule has 0 radical (unpaired) electrons. The van der Waals surface area contributed by atoms with Crippen LogP contribution in [-0.2, 0) is 10.0 Å². The fourth-order valence-corrected chi connectivity index (χ4v) is 3.70. The Morgan fingerprint density at radius 1 is 1.13 bits per heavy atom. The molecule has 0 saturated carbocycles. The summed E-state index contributed by atoms with van der Waals surface area (Å²) in [4.78, 5) is 22.1. The molecule has 10 heteroatoms. The van der Waals surface area contributed by atoms with Gasteiger partial charge in [0.15, 0.2) is 11.5 Å². The summed E-state index contributed by atoms with van der Waals surface area (Å²) in [5.74, 6) is -0.232. The zero-order valence-corrected chi connectivity index (χ0v) is 17.1. The van der Waals surface area contributed by atoms with Crippen molar-refractivity contribution >= 4 is 27.6 Å². The van der Waals surface area contributed by atoms with E-state index in [0.29, 0.717) is 17.8 Å². The molecule has 3 rings (SSSR count). The molecule has 156 valence electrons. The van der Waals surface area contributed by atoms with Crippen LogP contribution < -0.4 is 14.4 Å². The number of phenols is 1. The Bertz CT molecular complexity index is 1140. The third-order valence-corrected chi connectivity index (χ3v) is 5.58. The van der Waals surface area contributed by atoms with Crippen molar-refractivity contribution in [1.29, 1.82) is 0 Å². The van der Waals surface area contributed by atoms with E-state index in [4.69, 9.17) is 4.74 Å². The summed E-state index contributed by atoms with van der Waals surface area (Å²) < 4.78 is 32.3. The molecular formula is C20H20N4O5S. The number of hydrogen-bond donors (Lipinski definition) is 2. The van der Waals surface area contributed by atoms with Crippen LogP contribution in [0, 0.1) is 0 Å². The van der Waals surface area contributed by atoms with E-state index in [1.807, 2.05) is 0 Å². The second kappa shape index (κ2) is 8.78. The number of rotatable bonds is 7. The molecule has 0 saturated heterocycles. The van der Waals surface area contributed by atoms with E-state index in [0.717, 1.165) is 0 Å². The quantitative estimate of drug-likeness (QED) is 0.593. The zero-order valence-electron chi connectivity index (χ0n) is 16.3. The van der Waals surface area contributed by atoms with E-state index in [9.17, 15) is 18.3 Å². The Morgan fingerprint density at radius 2 is 1.80 bits per heavy atom. The molecule has 30 heavy (non-hydrogen) atoms. The topological polar surface area (TPSA) is 122 Å². The van der Waals surface area contributed by atoms with Crippen molar-refractivity contribution < 1.29 is 23.1 Å². The van der Waals surface area contributed by atoms with Gasteiger partial charge in [0.2, 0.25) is 5.95 Å². The summed E-state index contributed by atoms with van der Waals surface area (Å²) in [6.45, 7) is 2.15. The minimum Gasteiger partial charge on any atom is -0.504 e. The molecule has 0 spiro atoms. The Balaban J connectivity index is 1.84. The Morgan fingerprint density at radius 3 is 2.40 bits per heavy atom. The highest BCUT2D eigenvalue weighted by Gasteiger charge is 2.20. The molecule has 0 aliphatic heterocycles. The van der Waals surface area contributed by atoms with Crippen molar-refractivity contribution in [2.24, 2.45) is 0 Å². The number of aromatic nitrogens is 2. The number of phenolic OH excluding ortho intramolecular Hbond substituents is 1. The molecule has 9 nitrogen and oxygen atoms in total. The van der Waals surface area contributed by atoms with Gasteiger partial charge in [-0.2, -0.15) is 0 Å². The Hall–Kier alpha value is -3.66. The second-order valence-corrected chi connectivity index (χ2v) is 7.79. The van der Waals surface area contributed by atoms with Crippen molar-refractivity contribution in [2.45, 2.75) is 11.8 Å². The van der Waals surface area contributed by atoms with Gasteiger partial charge in [-0.25, -0.2) is 23.1 Å². The number of sulfonamides is 1. The van der Waals surface area contributed by atoms with Gasteiger partial charge in [-0.1, -0.05) is 0 Å². The third kappa shape index (κ3) is 4.49. The first-order valence-corrected chi connectivity index (χ1v) is 10.4. The van der Waals surface area contributed by atoms with Crippen LogP contribution in [-0.4, -0.2) is 43.1 Å². The standard InChI is InChI=1S/C20H20N4O5S/c1-3-24(19(26)14-5-10-17(25)18(13-14)29-2)15-6-8-16(9-7-15)30(27,28)23-20-21-11-4-12-22-20/h4-13,25H,3H2,1-2H3,(H,21,22,23). The lowest BCUT2D eigenvalue weighted by molar-refractivity contribution is 0.0988. The number of nitrogens with one attached hydrogen (secondary N) is 1. The maximum Gasteiger partial charge on any atom is 0.264 e. The van der Waals surface area contributed by atoms with E-state index in [2.05, 4.69) is 14.7 Å². The van der Waals surface area contributed by atoms with Crippen LogP contribution >= 0.6 is 0 Å². The number of methoxy groups -OCH3 is 1. The van der Waals surface area contributed by atoms with Gasteiger partial charge < -0.3 is 14.7 Å². The molecule has 1 amide bonds. The maximum atomic E-state index is 12.9. The van der Waals surface area contributed by atoms with E-state index >= 15 is 0 Å². The minimum atomic E-state index is -3.87. The maximum absolute atomic E-state index is 12.9. The second-order valence-electron chi connectivity index (χ2n) is 6.11. The summed E-state index contributed by atoms with van der Waals surface area (Å²) in [5.41, 5.74) is 0.843. The Labute approximate surface area is 174 Å². The summed E-state index contributed by atoms with van der Waals surface area (Å²) >= 11 is 0. The van der Waals surface area contributed by atoms with Gasteiger partial charge in [-0.3, -0.25) is 4.79 Å². The molecule has 3 aromatic rings. The fourth-order valence-electron chi connectivity index (χ4n) is 2.75. The molecule has 1 heterocycles. The fraction of sp³-hybridized carbons (Fsp3) is 0.150. The first-order chi connectivity index (χ1) is 14.4. The molecule has 0 bridgehead atoms. The van der Waals surface area contributed by atoms with Gasteiger partial charge >= 0.3 is 0 Å². The monoisotopic (exact) mass is 428 g/mol. The van der Waals surface area contributed by atoms with Gasteiger partial charge in [0.05, 0.1) is 12.0 Å². The average Bonchev–Trinajstić information content (AvgIpc) is 2.75. The van der Waals surface area contributed by atoms with Crippen LogP contribution in [0.25, 0.3) is 0 Å². The molecule has 0 aliphatic rings. The van der Waals surface area contributed by atoms with Gasteiger partial charge in [-0.05, 0) is 55.5 Å². The Kier molecular flexibility index (Phi) is 6.17. The van der Waals surface area contributed by atoms with Crippen molar-refractivity contribution in [3.05, 3.63) is 66.5 Å². The summed E-state index contributed by atoms with van der Waals surface area (Å²) in [6.07, 6.45) is 2.86. The van der Waals surface area contributed by atoms with E-state index < -0.39 is 10.0 Å². The molecule has 0 aliphatic carbocycles. The summed E-state index contributed by atoms with van der Waals surface area (Å²) in [7, 11) is -2.47. The smallest absolute Gasteiger partial charge is 0.264 e. The van der Waals surface area contributed by atoms with Crippen molar-refractivity contribution in [1.82, 2.24) is 9.97 Å². The first kappa shape index (κ1) is 21.1.